The smallest absolute Gasteiger partial charge is 0.458 e. The molecule has 0 fully saturated rings. The van der Waals surface area contributed by atoms with E-state index in [1.807, 2.05) is 0 Å². The van der Waals surface area contributed by atoms with Gasteiger partial charge < -0.3 is 24.0 Å². The van der Waals surface area contributed by atoms with E-state index in [-0.39, 0.29) is 25.2 Å². The average molecular weight is 380 g/mol. The predicted octanol–water partition coefficient (Wildman–Crippen LogP) is 2.86. The largest absolute Gasteiger partial charge is 0.470 e. The molecular weight excluding hydrogens is 362 g/mol. The van der Waals surface area contributed by atoms with Gasteiger partial charge in [0, 0.05) is 5.39 Å². The van der Waals surface area contributed by atoms with Gasteiger partial charge in [0.05, 0.1) is 6.61 Å². The number of hydrogen-bond donors (Lipinski definition) is 4. The highest BCUT2D eigenvalue weighted by atomic mass is 31.2. The zero-order chi connectivity index (χ0) is 17.8. The molecule has 0 saturated heterocycles. The van der Waals surface area contributed by atoms with Crippen LogP contribution in [0.2, 0.25) is 0 Å². The minimum absolute atomic E-state index is 0.174. The molecule has 0 saturated carbocycles. The van der Waals surface area contributed by atoms with Gasteiger partial charge in [-0.2, -0.15) is 0 Å². The van der Waals surface area contributed by atoms with E-state index in [1.54, 1.807) is 30.3 Å². The maximum Gasteiger partial charge on any atom is 0.470 e. The van der Waals surface area contributed by atoms with E-state index in [0.717, 1.165) is 5.39 Å². The van der Waals surface area contributed by atoms with Crippen LogP contribution >= 0.6 is 15.6 Å². The molecule has 1 aromatic carbocycles. The van der Waals surface area contributed by atoms with Crippen molar-refractivity contribution in [3.63, 3.8) is 0 Å². The standard InChI is InChI=1S/C13H18O9P2/c14-23(15,16)20-8-4-3-7-12(22-24(17,18)19)13-9-10-5-1-2-6-11(10)21-13/h1-2,5-6,9,12H,3-4,7-8H2,(H2,14,15,16)(H2,17,18,19). The molecule has 1 unspecified atom stereocenters. The van der Waals surface area contributed by atoms with Crippen LogP contribution in [0.25, 0.3) is 11.0 Å². The van der Waals surface area contributed by atoms with Crippen LogP contribution < -0.4 is 0 Å². The van der Waals surface area contributed by atoms with Crippen molar-refractivity contribution in [2.24, 2.45) is 0 Å². The number of rotatable bonds is 9. The second kappa shape index (κ2) is 7.91. The lowest BCUT2D eigenvalue weighted by Crippen LogP contribution is -2.03. The lowest BCUT2D eigenvalue weighted by Gasteiger charge is -2.16. The second-order valence-electron chi connectivity index (χ2n) is 5.09. The molecular formula is C13H18O9P2. The molecule has 24 heavy (non-hydrogen) atoms. The Balaban J connectivity index is 2.02. The number of phosphoric ester groups is 2. The fourth-order valence-electron chi connectivity index (χ4n) is 2.19. The number of para-hydroxylation sites is 1. The van der Waals surface area contributed by atoms with Gasteiger partial charge in [-0.05, 0) is 31.4 Å². The molecule has 1 heterocycles. The number of benzene rings is 1. The lowest BCUT2D eigenvalue weighted by atomic mass is 10.1. The molecule has 134 valence electrons. The SMILES string of the molecule is O=P(O)(O)OCCCCC(OP(=O)(O)O)c1cc2ccccc2o1. The van der Waals surface area contributed by atoms with E-state index in [2.05, 4.69) is 4.52 Å². The van der Waals surface area contributed by atoms with Crippen LogP contribution in [0.3, 0.4) is 0 Å². The number of hydrogen-bond acceptors (Lipinski definition) is 5. The molecule has 0 aliphatic rings. The molecule has 0 radical (unpaired) electrons. The summed E-state index contributed by atoms with van der Waals surface area (Å²) in [7, 11) is -9.24. The molecule has 0 spiro atoms. The van der Waals surface area contributed by atoms with Gasteiger partial charge in [-0.3, -0.25) is 9.05 Å². The van der Waals surface area contributed by atoms with Gasteiger partial charge in [-0.1, -0.05) is 18.2 Å². The quantitative estimate of drug-likeness (QED) is 0.381. The van der Waals surface area contributed by atoms with Crippen molar-refractivity contribution in [3.8, 4) is 0 Å². The van der Waals surface area contributed by atoms with E-state index in [4.69, 9.17) is 28.5 Å². The van der Waals surface area contributed by atoms with Gasteiger partial charge in [0.1, 0.15) is 17.4 Å². The van der Waals surface area contributed by atoms with E-state index >= 15 is 0 Å². The third kappa shape index (κ3) is 6.47. The summed E-state index contributed by atoms with van der Waals surface area (Å²) in [5.74, 6) is 0.274. The summed E-state index contributed by atoms with van der Waals surface area (Å²) >= 11 is 0. The molecule has 0 bridgehead atoms. The van der Waals surface area contributed by atoms with Crippen molar-refractivity contribution in [2.75, 3.05) is 6.61 Å². The topological polar surface area (TPSA) is 147 Å². The summed E-state index contributed by atoms with van der Waals surface area (Å²) in [4.78, 5) is 35.3. The minimum Gasteiger partial charge on any atom is -0.458 e. The van der Waals surface area contributed by atoms with Crippen molar-refractivity contribution in [1.29, 1.82) is 0 Å². The predicted molar refractivity (Wildman–Crippen MR) is 83.9 cm³/mol. The van der Waals surface area contributed by atoms with E-state index in [0.29, 0.717) is 12.0 Å². The Labute approximate surface area is 137 Å². The molecule has 1 aromatic heterocycles. The maximum absolute atomic E-state index is 11.2. The van der Waals surface area contributed by atoms with E-state index < -0.39 is 21.7 Å². The van der Waals surface area contributed by atoms with Crippen molar-refractivity contribution >= 4 is 26.6 Å². The highest BCUT2D eigenvalue weighted by molar-refractivity contribution is 7.46. The van der Waals surface area contributed by atoms with Crippen molar-refractivity contribution < 1.29 is 42.2 Å². The molecule has 1 atom stereocenters. The summed E-state index contributed by atoms with van der Waals surface area (Å²) in [5, 5.41) is 0.775. The fraction of sp³-hybridized carbons (Fsp3) is 0.385. The van der Waals surface area contributed by atoms with Gasteiger partial charge in [0.2, 0.25) is 0 Å². The number of fused-ring (bicyclic) bond motifs is 1. The highest BCUT2D eigenvalue weighted by Crippen LogP contribution is 2.45. The monoisotopic (exact) mass is 380 g/mol. The third-order valence-corrected chi connectivity index (χ3v) is 4.19. The van der Waals surface area contributed by atoms with Crippen molar-refractivity contribution in [1.82, 2.24) is 0 Å². The van der Waals surface area contributed by atoms with Gasteiger partial charge >= 0.3 is 15.6 Å². The van der Waals surface area contributed by atoms with Crippen molar-refractivity contribution in [2.45, 2.75) is 25.4 Å². The number of unbranched alkanes of at least 4 members (excludes halogenated alkanes) is 1. The van der Waals surface area contributed by atoms with Crippen LogP contribution in [0.4, 0.5) is 0 Å². The Bertz CT molecular complexity index is 727. The van der Waals surface area contributed by atoms with Crippen LogP contribution in [-0.4, -0.2) is 26.2 Å². The molecule has 0 aliphatic carbocycles. The summed E-state index contributed by atoms with van der Waals surface area (Å²) < 4.78 is 36.4. The molecule has 9 nitrogen and oxygen atoms in total. The van der Waals surface area contributed by atoms with Crippen LogP contribution in [-0.2, 0) is 18.2 Å². The maximum atomic E-state index is 11.2. The van der Waals surface area contributed by atoms with Crippen LogP contribution in [0.5, 0.6) is 0 Å². The molecule has 0 amide bonds. The first-order valence-electron chi connectivity index (χ1n) is 7.06. The van der Waals surface area contributed by atoms with Gasteiger partial charge in [-0.25, -0.2) is 9.13 Å². The zero-order valence-electron chi connectivity index (χ0n) is 12.5. The zero-order valence-corrected chi connectivity index (χ0v) is 14.3. The summed E-state index contributed by atoms with van der Waals surface area (Å²) in [6, 6.07) is 8.74. The summed E-state index contributed by atoms with van der Waals surface area (Å²) in [6.45, 7) is -0.174. The summed E-state index contributed by atoms with van der Waals surface area (Å²) in [5.41, 5.74) is 0.566. The lowest BCUT2D eigenvalue weighted by molar-refractivity contribution is 0.108. The van der Waals surface area contributed by atoms with Gasteiger partial charge in [0.15, 0.2) is 0 Å². The first-order valence-corrected chi connectivity index (χ1v) is 10.1. The number of furan rings is 1. The minimum atomic E-state index is -4.73. The van der Waals surface area contributed by atoms with Crippen molar-refractivity contribution in [3.05, 3.63) is 36.1 Å². The number of phosphoric acid groups is 2. The van der Waals surface area contributed by atoms with Gasteiger partial charge in [0.25, 0.3) is 0 Å². The van der Waals surface area contributed by atoms with Crippen LogP contribution in [0, 0.1) is 0 Å². The molecule has 2 aromatic rings. The second-order valence-corrected chi connectivity index (χ2v) is 7.52. The van der Waals surface area contributed by atoms with Gasteiger partial charge in [-0.15, -0.1) is 0 Å². The van der Waals surface area contributed by atoms with Crippen LogP contribution in [0.1, 0.15) is 31.1 Å². The summed E-state index contributed by atoms with van der Waals surface area (Å²) in [6.07, 6.45) is -0.142. The van der Waals surface area contributed by atoms with E-state index in [1.165, 1.54) is 0 Å². The molecule has 4 N–H and O–H groups in total. The van der Waals surface area contributed by atoms with Crippen LogP contribution in [0.15, 0.2) is 34.7 Å². The average Bonchev–Trinajstić information content (AvgIpc) is 2.87. The Morgan fingerprint density at radius 3 is 2.38 bits per heavy atom. The highest BCUT2D eigenvalue weighted by Gasteiger charge is 2.26. The Hall–Kier alpha value is -1.02. The molecule has 0 aliphatic heterocycles. The molecule has 11 heteroatoms. The molecule has 2 rings (SSSR count). The Kier molecular flexibility index (Phi) is 6.36. The third-order valence-electron chi connectivity index (χ3n) is 3.15. The fourth-order valence-corrected chi connectivity index (χ4v) is 3.10. The first kappa shape index (κ1) is 19.3. The Morgan fingerprint density at radius 1 is 1.04 bits per heavy atom. The Morgan fingerprint density at radius 2 is 1.75 bits per heavy atom. The van der Waals surface area contributed by atoms with E-state index in [9.17, 15) is 9.13 Å². The first-order chi connectivity index (χ1) is 11.1. The normalized spacial score (nSPS) is 14.2.